The number of Topliss-reactive ketones (excluding diaryl/α,β-unsaturated/α-hetero) is 1. The number of allylic oxidation sites excluding steroid dienone is 3. The van der Waals surface area contributed by atoms with Crippen LogP contribution in [0.2, 0.25) is 0 Å². The van der Waals surface area contributed by atoms with Gasteiger partial charge in [-0.15, -0.1) is 0 Å². The van der Waals surface area contributed by atoms with E-state index in [2.05, 4.69) is 0 Å². The normalized spacial score (nSPS) is 22.5. The third-order valence-electron chi connectivity index (χ3n) is 4.98. The highest BCUT2D eigenvalue weighted by Gasteiger charge is 2.26. The van der Waals surface area contributed by atoms with Crippen LogP contribution in [0.4, 0.5) is 0 Å². The SMILES string of the molecule is O=C1CCC(Oc2ccc(C3=CC=CN4CCS(=O)(=O)C=C34)cc2)CC1. The van der Waals surface area contributed by atoms with Gasteiger partial charge in [-0.1, -0.05) is 18.2 Å². The summed E-state index contributed by atoms with van der Waals surface area (Å²) in [5.74, 6) is 1.24. The van der Waals surface area contributed by atoms with Crippen molar-refractivity contribution in [1.82, 2.24) is 4.90 Å². The predicted octanol–water partition coefficient (Wildman–Crippen LogP) is 3.06. The van der Waals surface area contributed by atoms with Crippen molar-refractivity contribution < 1.29 is 17.9 Å². The zero-order valence-corrected chi connectivity index (χ0v) is 15.2. The lowest BCUT2D eigenvalue weighted by atomic mass is 9.96. The van der Waals surface area contributed by atoms with Gasteiger partial charge < -0.3 is 9.64 Å². The van der Waals surface area contributed by atoms with Gasteiger partial charge in [0.15, 0.2) is 9.84 Å². The smallest absolute Gasteiger partial charge is 0.175 e. The number of ether oxygens (including phenoxy) is 1. The van der Waals surface area contributed by atoms with Crippen LogP contribution < -0.4 is 4.74 Å². The van der Waals surface area contributed by atoms with Crippen LogP contribution in [-0.2, 0) is 14.6 Å². The molecular formula is C20H21NO4S. The summed E-state index contributed by atoms with van der Waals surface area (Å²) in [5, 5.41) is 1.37. The fourth-order valence-electron chi connectivity index (χ4n) is 3.53. The highest BCUT2D eigenvalue weighted by atomic mass is 32.2. The van der Waals surface area contributed by atoms with E-state index >= 15 is 0 Å². The molecule has 0 bridgehead atoms. The summed E-state index contributed by atoms with van der Waals surface area (Å²) >= 11 is 0. The summed E-state index contributed by atoms with van der Waals surface area (Å²) in [6.07, 6.45) is 8.62. The lowest BCUT2D eigenvalue weighted by Crippen LogP contribution is -2.30. The Labute approximate surface area is 153 Å². The molecule has 1 saturated carbocycles. The molecule has 4 rings (SSSR count). The number of sulfone groups is 1. The van der Waals surface area contributed by atoms with Gasteiger partial charge >= 0.3 is 0 Å². The molecule has 5 nitrogen and oxygen atoms in total. The van der Waals surface area contributed by atoms with Crippen LogP contribution in [0.25, 0.3) is 5.57 Å². The second kappa shape index (κ2) is 6.76. The number of nitrogens with zero attached hydrogens (tertiary/aromatic N) is 1. The van der Waals surface area contributed by atoms with Crippen LogP contribution in [0.3, 0.4) is 0 Å². The minimum absolute atomic E-state index is 0.0945. The third kappa shape index (κ3) is 3.60. The van der Waals surface area contributed by atoms with Gasteiger partial charge in [0.25, 0.3) is 0 Å². The van der Waals surface area contributed by atoms with Crippen molar-refractivity contribution in [1.29, 1.82) is 0 Å². The molecule has 1 aromatic rings. The molecular weight excluding hydrogens is 350 g/mol. The Balaban J connectivity index is 1.53. The second-order valence-corrected chi connectivity index (χ2v) is 8.84. The van der Waals surface area contributed by atoms with Crippen molar-refractivity contribution in [2.45, 2.75) is 31.8 Å². The first-order chi connectivity index (χ1) is 12.5. The fourth-order valence-corrected chi connectivity index (χ4v) is 4.70. The number of carbonyl (C=O) groups excluding carboxylic acids is 1. The molecule has 0 amide bonds. The quantitative estimate of drug-likeness (QED) is 0.817. The van der Waals surface area contributed by atoms with Crippen molar-refractivity contribution in [2.24, 2.45) is 0 Å². The molecule has 3 aliphatic rings. The van der Waals surface area contributed by atoms with Crippen LogP contribution in [0, 0.1) is 0 Å². The molecule has 0 unspecified atom stereocenters. The Kier molecular flexibility index (Phi) is 4.44. The summed E-state index contributed by atoms with van der Waals surface area (Å²) in [4.78, 5) is 13.3. The van der Waals surface area contributed by atoms with Gasteiger partial charge in [0.2, 0.25) is 0 Å². The predicted molar refractivity (Wildman–Crippen MR) is 100 cm³/mol. The van der Waals surface area contributed by atoms with Gasteiger partial charge in [-0.2, -0.15) is 0 Å². The van der Waals surface area contributed by atoms with E-state index in [-0.39, 0.29) is 11.9 Å². The lowest BCUT2D eigenvalue weighted by molar-refractivity contribution is -0.121. The number of benzene rings is 1. The van der Waals surface area contributed by atoms with E-state index < -0.39 is 9.84 Å². The van der Waals surface area contributed by atoms with E-state index in [9.17, 15) is 13.2 Å². The summed E-state index contributed by atoms with van der Waals surface area (Å²) in [6, 6.07) is 7.73. The monoisotopic (exact) mass is 371 g/mol. The number of fused-ring (bicyclic) bond motifs is 1. The van der Waals surface area contributed by atoms with Crippen LogP contribution in [0.15, 0.2) is 53.7 Å². The third-order valence-corrected chi connectivity index (χ3v) is 6.31. The molecule has 0 atom stereocenters. The van der Waals surface area contributed by atoms with E-state index in [1.807, 2.05) is 47.5 Å². The maximum absolute atomic E-state index is 12.0. The highest BCUT2D eigenvalue weighted by molar-refractivity contribution is 7.94. The minimum Gasteiger partial charge on any atom is -0.490 e. The van der Waals surface area contributed by atoms with Crippen molar-refractivity contribution in [3.05, 3.63) is 59.3 Å². The zero-order chi connectivity index (χ0) is 18.1. The highest BCUT2D eigenvalue weighted by Crippen LogP contribution is 2.33. The molecule has 1 fully saturated rings. The van der Waals surface area contributed by atoms with Gasteiger partial charge in [0.1, 0.15) is 11.5 Å². The van der Waals surface area contributed by atoms with Gasteiger partial charge in [-0.3, -0.25) is 4.79 Å². The van der Waals surface area contributed by atoms with E-state index in [4.69, 9.17) is 4.74 Å². The molecule has 26 heavy (non-hydrogen) atoms. The molecule has 1 aromatic carbocycles. The van der Waals surface area contributed by atoms with Gasteiger partial charge in [0.05, 0.1) is 23.0 Å². The van der Waals surface area contributed by atoms with E-state index in [0.29, 0.717) is 25.2 Å². The lowest BCUT2D eigenvalue weighted by Gasteiger charge is -2.31. The molecule has 0 radical (unpaired) electrons. The molecule has 136 valence electrons. The standard InChI is InChI=1S/C20H21NO4S/c22-16-5-9-18(10-6-16)25-17-7-3-15(4-8-17)19-2-1-11-21-12-13-26(23,24)14-20(19)21/h1-4,7-8,11,14,18H,5-6,9-10,12-13H2. The first kappa shape index (κ1) is 17.1. The topological polar surface area (TPSA) is 63.7 Å². The first-order valence-corrected chi connectivity index (χ1v) is 10.6. The van der Waals surface area contributed by atoms with E-state index in [0.717, 1.165) is 35.4 Å². The fraction of sp³-hybridized carbons (Fsp3) is 0.350. The van der Waals surface area contributed by atoms with Crippen molar-refractivity contribution in [3.63, 3.8) is 0 Å². The number of hydrogen-bond acceptors (Lipinski definition) is 5. The molecule has 0 aromatic heterocycles. The molecule has 0 N–H and O–H groups in total. The molecule has 2 aliphatic heterocycles. The van der Waals surface area contributed by atoms with E-state index in [1.54, 1.807) is 0 Å². The van der Waals surface area contributed by atoms with Gasteiger partial charge in [0, 0.05) is 31.2 Å². The summed E-state index contributed by atoms with van der Waals surface area (Å²) in [7, 11) is -3.16. The summed E-state index contributed by atoms with van der Waals surface area (Å²) in [6.45, 7) is 0.476. The van der Waals surface area contributed by atoms with Crippen LogP contribution in [0.5, 0.6) is 5.75 Å². The molecule has 2 heterocycles. The Morgan fingerprint density at radius 2 is 1.81 bits per heavy atom. The van der Waals surface area contributed by atoms with Crippen molar-refractivity contribution in [3.8, 4) is 5.75 Å². The number of hydrogen-bond donors (Lipinski definition) is 0. The Hall–Kier alpha value is -2.34. The number of ketones is 1. The van der Waals surface area contributed by atoms with Gasteiger partial charge in [-0.25, -0.2) is 8.42 Å². The van der Waals surface area contributed by atoms with Gasteiger partial charge in [-0.05, 0) is 36.6 Å². The second-order valence-electron chi connectivity index (χ2n) is 6.87. The van der Waals surface area contributed by atoms with Crippen molar-refractivity contribution >= 4 is 21.2 Å². The summed E-state index contributed by atoms with van der Waals surface area (Å²) < 4.78 is 29.9. The number of rotatable bonds is 3. The number of carbonyl (C=O) groups is 1. The molecule has 6 heteroatoms. The molecule has 0 saturated heterocycles. The summed E-state index contributed by atoms with van der Waals surface area (Å²) in [5.41, 5.74) is 2.57. The van der Waals surface area contributed by atoms with Crippen LogP contribution in [-0.4, -0.2) is 37.5 Å². The van der Waals surface area contributed by atoms with E-state index in [1.165, 1.54) is 5.41 Å². The average molecular weight is 371 g/mol. The minimum atomic E-state index is -3.16. The van der Waals surface area contributed by atoms with Crippen molar-refractivity contribution in [2.75, 3.05) is 12.3 Å². The first-order valence-electron chi connectivity index (χ1n) is 8.89. The Morgan fingerprint density at radius 1 is 1.08 bits per heavy atom. The molecule has 0 spiro atoms. The maximum Gasteiger partial charge on any atom is 0.175 e. The zero-order valence-electron chi connectivity index (χ0n) is 14.4. The van der Waals surface area contributed by atoms with Crippen LogP contribution >= 0.6 is 0 Å². The Morgan fingerprint density at radius 3 is 2.54 bits per heavy atom. The average Bonchev–Trinajstić information content (AvgIpc) is 2.63. The maximum atomic E-state index is 12.0. The molecule has 1 aliphatic carbocycles. The van der Waals surface area contributed by atoms with Crippen LogP contribution in [0.1, 0.15) is 31.2 Å². The largest absolute Gasteiger partial charge is 0.490 e. The Bertz CT molecular complexity index is 900.